The van der Waals surface area contributed by atoms with E-state index in [2.05, 4.69) is 47.2 Å². The Bertz CT molecular complexity index is 2100. The van der Waals surface area contributed by atoms with Gasteiger partial charge >= 0.3 is 0 Å². The quantitative estimate of drug-likeness (QED) is 0.0875. The molecule has 5 aromatic rings. The number of H-pyrrole nitrogens is 1. The van der Waals surface area contributed by atoms with Gasteiger partial charge in [0.1, 0.15) is 36.5 Å². The number of aromatic amines is 1. The molecule has 2 aromatic heterocycles. The van der Waals surface area contributed by atoms with Gasteiger partial charge in [-0.15, -0.1) is 10.2 Å². The number of halogens is 2. The molecule has 0 atom stereocenters. The summed E-state index contributed by atoms with van der Waals surface area (Å²) in [7, 11) is 0. The molecule has 0 bridgehead atoms. The molecule has 0 aliphatic carbocycles. The second-order valence-corrected chi connectivity index (χ2v) is 14.1. The SMILES string of the molecule is CC(=O)NC1CCN(CCCOc2cccc(-c3cccc(COc4cc(OCc5cncc(C#N)c5)c(CNCc5nn[nH]n5)cc4Cl)c3C)c2Cl)CC1. The molecule has 0 radical (unpaired) electrons. The molecular weight excluding hydrogens is 741 g/mol. The topological polar surface area (TPSA) is 163 Å². The van der Waals surface area contributed by atoms with Crippen LogP contribution in [0, 0.1) is 18.3 Å². The molecule has 1 aliphatic rings. The zero-order chi connectivity index (χ0) is 38.6. The summed E-state index contributed by atoms with van der Waals surface area (Å²) >= 11 is 13.8. The van der Waals surface area contributed by atoms with Gasteiger partial charge in [-0.2, -0.15) is 10.5 Å². The van der Waals surface area contributed by atoms with Crippen LogP contribution in [0.4, 0.5) is 0 Å². The molecule has 1 fully saturated rings. The van der Waals surface area contributed by atoms with E-state index >= 15 is 0 Å². The van der Waals surface area contributed by atoms with Crippen LogP contribution in [0.1, 0.15) is 59.8 Å². The van der Waals surface area contributed by atoms with Crippen molar-refractivity contribution >= 4 is 29.1 Å². The molecule has 0 spiro atoms. The zero-order valence-corrected chi connectivity index (χ0v) is 32.3. The Morgan fingerprint density at radius 1 is 0.964 bits per heavy atom. The average Bonchev–Trinajstić information content (AvgIpc) is 3.71. The summed E-state index contributed by atoms with van der Waals surface area (Å²) in [6, 6.07) is 19.6. The number of hydrogen-bond donors (Lipinski definition) is 3. The number of ether oxygens (including phenoxy) is 3. The van der Waals surface area contributed by atoms with Gasteiger partial charge in [-0.3, -0.25) is 9.78 Å². The molecule has 55 heavy (non-hydrogen) atoms. The molecule has 0 unspecified atom stereocenters. The van der Waals surface area contributed by atoms with Crippen molar-refractivity contribution in [3.63, 3.8) is 0 Å². The second-order valence-electron chi connectivity index (χ2n) is 13.3. The highest BCUT2D eigenvalue weighted by atomic mass is 35.5. The van der Waals surface area contributed by atoms with E-state index in [-0.39, 0.29) is 25.2 Å². The third-order valence-corrected chi connectivity index (χ3v) is 10.1. The number of tetrazole rings is 1. The molecule has 6 rings (SSSR count). The highest BCUT2D eigenvalue weighted by Gasteiger charge is 2.20. The summed E-state index contributed by atoms with van der Waals surface area (Å²) in [5.74, 6) is 2.22. The van der Waals surface area contributed by atoms with E-state index in [0.29, 0.717) is 58.4 Å². The molecule has 286 valence electrons. The van der Waals surface area contributed by atoms with Gasteiger partial charge in [0.25, 0.3) is 0 Å². The van der Waals surface area contributed by atoms with Crippen LogP contribution in [0.5, 0.6) is 17.2 Å². The van der Waals surface area contributed by atoms with E-state index < -0.39 is 0 Å². The van der Waals surface area contributed by atoms with Crippen molar-refractivity contribution in [3.05, 3.63) is 111 Å². The fourth-order valence-electron chi connectivity index (χ4n) is 6.49. The lowest BCUT2D eigenvalue weighted by molar-refractivity contribution is -0.119. The first-order valence-corrected chi connectivity index (χ1v) is 18.9. The fourth-order valence-corrected chi connectivity index (χ4v) is 7.01. The van der Waals surface area contributed by atoms with E-state index in [9.17, 15) is 10.1 Å². The first-order chi connectivity index (χ1) is 26.8. The van der Waals surface area contributed by atoms with Crippen molar-refractivity contribution in [2.24, 2.45) is 0 Å². The van der Waals surface area contributed by atoms with Crippen LogP contribution in [-0.4, -0.2) is 68.7 Å². The van der Waals surface area contributed by atoms with Crippen molar-refractivity contribution in [1.29, 1.82) is 5.26 Å². The van der Waals surface area contributed by atoms with E-state index in [1.54, 1.807) is 25.3 Å². The van der Waals surface area contributed by atoms with Gasteiger partial charge in [-0.25, -0.2) is 0 Å². The van der Waals surface area contributed by atoms with Crippen LogP contribution in [0.15, 0.2) is 67.0 Å². The lowest BCUT2D eigenvalue weighted by atomic mass is 9.96. The minimum atomic E-state index is 0.0345. The number of carbonyl (C=O) groups is 1. The number of rotatable bonds is 17. The second kappa shape index (κ2) is 19.4. The summed E-state index contributed by atoms with van der Waals surface area (Å²) in [4.78, 5) is 17.9. The number of aromatic nitrogens is 5. The zero-order valence-electron chi connectivity index (χ0n) is 30.8. The summed E-state index contributed by atoms with van der Waals surface area (Å²) in [5, 5.41) is 30.6. The molecule has 3 heterocycles. The molecule has 3 aromatic carbocycles. The summed E-state index contributed by atoms with van der Waals surface area (Å²) in [5.41, 5.74) is 5.83. The van der Waals surface area contributed by atoms with Gasteiger partial charge in [-0.05, 0) is 61.1 Å². The van der Waals surface area contributed by atoms with Crippen molar-refractivity contribution in [2.45, 2.75) is 65.5 Å². The Kier molecular flexibility index (Phi) is 13.9. The number of hydrogen-bond acceptors (Lipinski definition) is 11. The Balaban J connectivity index is 1.10. The maximum atomic E-state index is 11.4. The number of pyridine rings is 1. The third kappa shape index (κ3) is 10.9. The highest BCUT2D eigenvalue weighted by molar-refractivity contribution is 6.35. The number of likely N-dealkylation sites (tertiary alicyclic amines) is 1. The van der Waals surface area contributed by atoms with Crippen molar-refractivity contribution < 1.29 is 19.0 Å². The molecule has 3 N–H and O–H groups in total. The molecule has 15 heteroatoms. The smallest absolute Gasteiger partial charge is 0.217 e. The van der Waals surface area contributed by atoms with Gasteiger partial charge in [0.05, 0.1) is 28.8 Å². The number of nitriles is 1. The van der Waals surface area contributed by atoms with Crippen molar-refractivity contribution in [2.75, 3.05) is 26.2 Å². The number of amides is 1. The Labute approximate surface area is 330 Å². The maximum absolute atomic E-state index is 11.4. The largest absolute Gasteiger partial charge is 0.492 e. The molecule has 1 aliphatic heterocycles. The Morgan fingerprint density at radius 3 is 2.55 bits per heavy atom. The molecule has 13 nitrogen and oxygen atoms in total. The minimum absolute atomic E-state index is 0.0345. The predicted molar refractivity (Wildman–Crippen MR) is 209 cm³/mol. The van der Waals surface area contributed by atoms with Crippen LogP contribution in [0.2, 0.25) is 10.0 Å². The molecule has 1 amide bonds. The fraction of sp³-hybridized carbons (Fsp3) is 0.350. The predicted octanol–water partition coefficient (Wildman–Crippen LogP) is 6.57. The maximum Gasteiger partial charge on any atom is 0.217 e. The monoisotopic (exact) mass is 783 g/mol. The van der Waals surface area contributed by atoms with Crippen LogP contribution >= 0.6 is 23.2 Å². The number of nitrogens with zero attached hydrogens (tertiary/aromatic N) is 6. The molecule has 1 saturated heterocycles. The average molecular weight is 785 g/mol. The number of nitrogens with one attached hydrogen (secondary N) is 3. The highest BCUT2D eigenvalue weighted by Crippen LogP contribution is 2.39. The first-order valence-electron chi connectivity index (χ1n) is 18.1. The van der Waals surface area contributed by atoms with Gasteiger partial charge < -0.3 is 29.7 Å². The molecular formula is C40H43Cl2N9O4. The Hall–Kier alpha value is -5.26. The van der Waals surface area contributed by atoms with Gasteiger partial charge in [0.2, 0.25) is 5.91 Å². The van der Waals surface area contributed by atoms with Crippen LogP contribution in [-0.2, 0) is 31.1 Å². The lowest BCUT2D eigenvalue weighted by Gasteiger charge is -2.32. The van der Waals surface area contributed by atoms with E-state index in [1.807, 2.05) is 49.4 Å². The van der Waals surface area contributed by atoms with Gasteiger partial charge in [-0.1, -0.05) is 58.7 Å². The van der Waals surface area contributed by atoms with Gasteiger partial charge in [0.15, 0.2) is 5.82 Å². The lowest BCUT2D eigenvalue weighted by Crippen LogP contribution is -2.44. The van der Waals surface area contributed by atoms with Crippen LogP contribution in [0.25, 0.3) is 11.1 Å². The van der Waals surface area contributed by atoms with E-state index in [1.165, 1.54) is 6.20 Å². The normalized spacial score (nSPS) is 13.3. The summed E-state index contributed by atoms with van der Waals surface area (Å²) < 4.78 is 18.8. The summed E-state index contributed by atoms with van der Waals surface area (Å²) in [6.45, 7) is 8.25. The van der Waals surface area contributed by atoms with E-state index in [0.717, 1.165) is 72.3 Å². The number of carbonyl (C=O) groups excluding carboxylic acids is 1. The van der Waals surface area contributed by atoms with Crippen molar-refractivity contribution in [3.8, 4) is 34.4 Å². The Morgan fingerprint density at radius 2 is 1.76 bits per heavy atom. The summed E-state index contributed by atoms with van der Waals surface area (Å²) in [6.07, 6.45) is 5.97. The number of piperidine rings is 1. The standard InChI is InChI=1S/C40H43Cl2N9O4/c1-26-30(6-3-7-33(26)34-8-4-9-36(40(34)42)53-15-5-12-51-13-10-32(11-14-51)46-27(2)52)25-55-38-18-37(54-24-29-16-28(19-43)20-44-21-29)31(17-35(38)41)22-45-23-39-47-49-50-48-39/h3-4,6-9,16-18,20-21,32,45H,5,10-15,22-25H2,1-2H3,(H,46,52)(H,47,48,49,50). The van der Waals surface area contributed by atoms with E-state index in [4.69, 9.17) is 37.4 Å². The van der Waals surface area contributed by atoms with Crippen molar-refractivity contribution in [1.82, 2.24) is 41.1 Å². The molecule has 0 saturated carbocycles. The first kappa shape index (κ1) is 39.4. The van der Waals surface area contributed by atoms with Gasteiger partial charge in [0, 0.05) is 74.3 Å². The van der Waals surface area contributed by atoms with Crippen LogP contribution < -0.4 is 24.8 Å². The van der Waals surface area contributed by atoms with Crippen LogP contribution in [0.3, 0.4) is 0 Å². The minimum Gasteiger partial charge on any atom is -0.492 e. The third-order valence-electron chi connectivity index (χ3n) is 9.37. The number of benzene rings is 3.